The van der Waals surface area contributed by atoms with Crippen LogP contribution in [0.5, 0.6) is 5.75 Å². The molecule has 1 aromatic carbocycles. The standard InChI is InChI=1S/C11H10F2N2O2/c1-17-6-4-7(12)10(8(13)5-6)11(16)9-2-3-14-15-9/h2-5,11,16H,1H3,(H,14,15). The summed E-state index contributed by atoms with van der Waals surface area (Å²) in [6.07, 6.45) is -0.0406. The second kappa shape index (κ2) is 4.50. The van der Waals surface area contributed by atoms with Crippen LogP contribution in [0, 0.1) is 11.6 Å². The number of aromatic amines is 1. The zero-order chi connectivity index (χ0) is 12.4. The number of halogens is 2. The molecule has 2 N–H and O–H groups in total. The van der Waals surface area contributed by atoms with E-state index in [2.05, 4.69) is 10.2 Å². The summed E-state index contributed by atoms with van der Waals surface area (Å²) in [5.41, 5.74) is -0.219. The Hall–Kier alpha value is -1.95. The Morgan fingerprint density at radius 2 is 2.00 bits per heavy atom. The maximum Gasteiger partial charge on any atom is 0.136 e. The number of nitrogens with zero attached hydrogens (tertiary/aromatic N) is 1. The number of hydrogen-bond acceptors (Lipinski definition) is 3. The van der Waals surface area contributed by atoms with Gasteiger partial charge in [0.25, 0.3) is 0 Å². The zero-order valence-electron chi connectivity index (χ0n) is 8.95. The number of benzene rings is 1. The van der Waals surface area contributed by atoms with Crippen molar-refractivity contribution in [3.63, 3.8) is 0 Å². The van der Waals surface area contributed by atoms with Crippen molar-refractivity contribution in [1.29, 1.82) is 0 Å². The molecule has 17 heavy (non-hydrogen) atoms. The van der Waals surface area contributed by atoms with Crippen molar-refractivity contribution in [2.45, 2.75) is 6.10 Å². The summed E-state index contributed by atoms with van der Waals surface area (Å²) in [7, 11) is 1.30. The van der Waals surface area contributed by atoms with Gasteiger partial charge in [-0.3, -0.25) is 5.10 Å². The Morgan fingerprint density at radius 3 is 2.47 bits per heavy atom. The van der Waals surface area contributed by atoms with Crippen LogP contribution in [0.25, 0.3) is 0 Å². The predicted molar refractivity (Wildman–Crippen MR) is 55.6 cm³/mol. The van der Waals surface area contributed by atoms with Crippen LogP contribution in [0.4, 0.5) is 8.78 Å². The fourth-order valence-electron chi connectivity index (χ4n) is 1.51. The average Bonchev–Trinajstić information content (AvgIpc) is 2.81. The molecule has 4 nitrogen and oxygen atoms in total. The van der Waals surface area contributed by atoms with Gasteiger partial charge in [0, 0.05) is 18.3 Å². The van der Waals surface area contributed by atoms with Gasteiger partial charge in [-0.25, -0.2) is 8.78 Å². The number of H-pyrrole nitrogens is 1. The lowest BCUT2D eigenvalue weighted by Crippen LogP contribution is -2.07. The number of methoxy groups -OCH3 is 1. The van der Waals surface area contributed by atoms with Crippen LogP contribution in [-0.2, 0) is 0 Å². The van der Waals surface area contributed by atoms with Crippen LogP contribution in [0.3, 0.4) is 0 Å². The van der Waals surface area contributed by atoms with E-state index in [4.69, 9.17) is 4.74 Å². The summed E-state index contributed by atoms with van der Waals surface area (Å²) in [5.74, 6) is -1.69. The van der Waals surface area contributed by atoms with E-state index >= 15 is 0 Å². The number of ether oxygens (including phenoxy) is 1. The van der Waals surface area contributed by atoms with E-state index in [1.807, 2.05) is 0 Å². The molecule has 1 unspecified atom stereocenters. The molecule has 2 rings (SSSR count). The van der Waals surface area contributed by atoms with E-state index in [-0.39, 0.29) is 11.4 Å². The Balaban J connectivity index is 2.45. The summed E-state index contributed by atoms with van der Waals surface area (Å²) < 4.78 is 32.0. The highest BCUT2D eigenvalue weighted by molar-refractivity contribution is 5.34. The van der Waals surface area contributed by atoms with Gasteiger partial charge in [-0.15, -0.1) is 0 Å². The summed E-state index contributed by atoms with van der Waals surface area (Å²) >= 11 is 0. The number of aliphatic hydroxyl groups is 1. The second-order valence-electron chi connectivity index (χ2n) is 3.42. The normalized spacial score (nSPS) is 12.5. The lowest BCUT2D eigenvalue weighted by atomic mass is 10.1. The van der Waals surface area contributed by atoms with Gasteiger partial charge in [-0.1, -0.05) is 0 Å². The first-order chi connectivity index (χ1) is 8.13. The van der Waals surface area contributed by atoms with Crippen LogP contribution in [0.15, 0.2) is 24.4 Å². The summed E-state index contributed by atoms with van der Waals surface area (Å²) in [4.78, 5) is 0. The Labute approximate surface area is 95.9 Å². The topological polar surface area (TPSA) is 58.1 Å². The first-order valence-electron chi connectivity index (χ1n) is 4.83. The van der Waals surface area contributed by atoms with E-state index in [1.165, 1.54) is 19.4 Å². The van der Waals surface area contributed by atoms with Crippen molar-refractivity contribution >= 4 is 0 Å². The summed E-state index contributed by atoms with van der Waals surface area (Å²) in [6.45, 7) is 0. The molecule has 1 heterocycles. The average molecular weight is 240 g/mol. The van der Waals surface area contributed by atoms with Crippen molar-refractivity contribution in [1.82, 2.24) is 10.2 Å². The molecule has 2 aromatic rings. The third kappa shape index (κ3) is 2.12. The summed E-state index contributed by atoms with van der Waals surface area (Å²) in [6, 6.07) is 3.46. The van der Waals surface area contributed by atoms with E-state index in [9.17, 15) is 13.9 Å². The number of hydrogen-bond donors (Lipinski definition) is 2. The van der Waals surface area contributed by atoms with Crippen molar-refractivity contribution in [2.24, 2.45) is 0 Å². The van der Waals surface area contributed by atoms with E-state index in [1.54, 1.807) is 0 Å². The minimum Gasteiger partial charge on any atom is -0.497 e. The lowest BCUT2D eigenvalue weighted by molar-refractivity contribution is 0.203. The molecule has 6 heteroatoms. The number of nitrogens with one attached hydrogen (secondary N) is 1. The van der Waals surface area contributed by atoms with E-state index in [0.717, 1.165) is 12.1 Å². The first kappa shape index (κ1) is 11.5. The number of aliphatic hydroxyl groups excluding tert-OH is 1. The van der Waals surface area contributed by atoms with Gasteiger partial charge in [-0.05, 0) is 6.07 Å². The predicted octanol–water partition coefficient (Wildman–Crippen LogP) is 1.78. The van der Waals surface area contributed by atoms with Crippen molar-refractivity contribution in [2.75, 3.05) is 7.11 Å². The molecule has 0 fully saturated rings. The van der Waals surface area contributed by atoms with Crippen LogP contribution < -0.4 is 4.74 Å². The molecule has 90 valence electrons. The van der Waals surface area contributed by atoms with Gasteiger partial charge in [-0.2, -0.15) is 5.10 Å². The highest BCUT2D eigenvalue weighted by Crippen LogP contribution is 2.28. The SMILES string of the molecule is COc1cc(F)c(C(O)c2ccn[nH]2)c(F)c1. The molecule has 0 saturated heterocycles. The smallest absolute Gasteiger partial charge is 0.136 e. The fourth-order valence-corrected chi connectivity index (χ4v) is 1.51. The maximum atomic E-state index is 13.6. The molecule has 0 amide bonds. The first-order valence-corrected chi connectivity index (χ1v) is 4.83. The van der Waals surface area contributed by atoms with Gasteiger partial charge in [0.2, 0.25) is 0 Å². The summed E-state index contributed by atoms with van der Waals surface area (Å²) in [5, 5.41) is 15.9. The van der Waals surface area contributed by atoms with Crippen LogP contribution >= 0.6 is 0 Å². The second-order valence-corrected chi connectivity index (χ2v) is 3.42. The third-order valence-electron chi connectivity index (χ3n) is 2.38. The zero-order valence-corrected chi connectivity index (χ0v) is 8.95. The van der Waals surface area contributed by atoms with Gasteiger partial charge >= 0.3 is 0 Å². The van der Waals surface area contributed by atoms with Crippen molar-refractivity contribution < 1.29 is 18.6 Å². The van der Waals surface area contributed by atoms with Crippen molar-refractivity contribution in [3.05, 3.63) is 47.3 Å². The van der Waals surface area contributed by atoms with Gasteiger partial charge in [0.05, 0.1) is 18.4 Å². The Bertz CT molecular complexity index is 491. The molecule has 0 radical (unpaired) electrons. The van der Waals surface area contributed by atoms with E-state index < -0.39 is 23.3 Å². The molecule has 1 atom stereocenters. The molecule has 0 aliphatic rings. The minimum absolute atomic E-state index is 0.0561. The highest BCUT2D eigenvalue weighted by atomic mass is 19.1. The van der Waals surface area contributed by atoms with Crippen LogP contribution in [-0.4, -0.2) is 22.4 Å². The van der Waals surface area contributed by atoms with Crippen molar-refractivity contribution in [3.8, 4) is 5.75 Å². The van der Waals surface area contributed by atoms with Gasteiger partial charge in [0.1, 0.15) is 23.5 Å². The third-order valence-corrected chi connectivity index (χ3v) is 2.38. The Morgan fingerprint density at radius 1 is 1.35 bits per heavy atom. The molecule has 0 aliphatic heterocycles. The molecular formula is C11H10F2N2O2. The monoisotopic (exact) mass is 240 g/mol. The molecule has 0 aliphatic carbocycles. The fraction of sp³-hybridized carbons (Fsp3) is 0.182. The number of rotatable bonds is 3. The number of aromatic nitrogens is 2. The van der Waals surface area contributed by atoms with E-state index in [0.29, 0.717) is 0 Å². The quantitative estimate of drug-likeness (QED) is 0.859. The van der Waals surface area contributed by atoms with Crippen LogP contribution in [0.1, 0.15) is 17.4 Å². The van der Waals surface area contributed by atoms with Gasteiger partial charge in [0.15, 0.2) is 0 Å². The molecule has 0 spiro atoms. The Kier molecular flexibility index (Phi) is 3.06. The molecule has 0 bridgehead atoms. The molecule has 0 saturated carbocycles. The van der Waals surface area contributed by atoms with Crippen LogP contribution in [0.2, 0.25) is 0 Å². The molecular weight excluding hydrogens is 230 g/mol. The van der Waals surface area contributed by atoms with Gasteiger partial charge < -0.3 is 9.84 Å². The molecule has 1 aromatic heterocycles. The maximum absolute atomic E-state index is 13.6. The minimum atomic E-state index is -1.43. The largest absolute Gasteiger partial charge is 0.497 e. The lowest BCUT2D eigenvalue weighted by Gasteiger charge is -2.12. The highest BCUT2D eigenvalue weighted by Gasteiger charge is 2.21.